The summed E-state index contributed by atoms with van der Waals surface area (Å²) in [6.07, 6.45) is 2.00. The lowest BCUT2D eigenvalue weighted by molar-refractivity contribution is 0.511. The molecule has 0 radical (unpaired) electrons. The van der Waals surface area contributed by atoms with Crippen LogP contribution >= 0.6 is 11.6 Å². The fraction of sp³-hybridized carbons (Fsp3) is 0.200. The van der Waals surface area contributed by atoms with E-state index < -0.39 is 11.6 Å². The summed E-state index contributed by atoms with van der Waals surface area (Å²) in [7, 11) is 0. The predicted molar refractivity (Wildman–Crippen MR) is 73.6 cm³/mol. The average molecular weight is 280 g/mol. The Morgan fingerprint density at radius 1 is 1.11 bits per heavy atom. The van der Waals surface area contributed by atoms with Gasteiger partial charge in [-0.2, -0.15) is 0 Å². The van der Waals surface area contributed by atoms with Gasteiger partial charge in [0, 0.05) is 28.4 Å². The molecule has 1 aliphatic rings. The Balaban J connectivity index is 2.17. The van der Waals surface area contributed by atoms with E-state index in [-0.39, 0.29) is 5.56 Å². The summed E-state index contributed by atoms with van der Waals surface area (Å²) < 4.78 is 27.1. The van der Waals surface area contributed by atoms with Gasteiger partial charge in [0.05, 0.1) is 0 Å². The van der Waals surface area contributed by atoms with E-state index in [1.54, 1.807) is 6.07 Å². The first-order valence-electron chi connectivity index (χ1n) is 6.17. The third kappa shape index (κ3) is 2.19. The van der Waals surface area contributed by atoms with Gasteiger partial charge in [0.25, 0.3) is 0 Å². The van der Waals surface area contributed by atoms with Gasteiger partial charge in [-0.25, -0.2) is 8.78 Å². The van der Waals surface area contributed by atoms with Crippen molar-refractivity contribution in [3.8, 4) is 11.1 Å². The largest absolute Gasteiger partial charge is 0.385 e. The molecule has 2 aromatic rings. The molecule has 1 N–H and O–H groups in total. The highest BCUT2D eigenvalue weighted by Gasteiger charge is 2.16. The Morgan fingerprint density at radius 3 is 2.79 bits per heavy atom. The van der Waals surface area contributed by atoms with E-state index in [4.69, 9.17) is 11.6 Å². The van der Waals surface area contributed by atoms with Crippen LogP contribution in [0.4, 0.5) is 14.5 Å². The van der Waals surface area contributed by atoms with E-state index in [2.05, 4.69) is 5.32 Å². The smallest absolute Gasteiger partial charge is 0.166 e. The molecule has 0 unspecified atom stereocenters. The van der Waals surface area contributed by atoms with Crippen LogP contribution in [-0.2, 0) is 6.42 Å². The molecule has 1 aliphatic heterocycles. The van der Waals surface area contributed by atoms with Gasteiger partial charge in [-0.3, -0.25) is 0 Å². The van der Waals surface area contributed by atoms with Crippen molar-refractivity contribution < 1.29 is 8.78 Å². The summed E-state index contributed by atoms with van der Waals surface area (Å²) in [5.74, 6) is -1.72. The van der Waals surface area contributed by atoms with Gasteiger partial charge in [0.15, 0.2) is 11.6 Å². The summed E-state index contributed by atoms with van der Waals surface area (Å²) in [5.41, 5.74) is 2.79. The standard InChI is InChI=1S/C15H12ClF2N/c16-12-7-9-3-2-6-19-14(9)8-11(12)10-4-1-5-13(17)15(10)18/h1,4-5,7-8,19H,2-3,6H2. The number of hydrogen-bond donors (Lipinski definition) is 1. The number of halogens is 3. The number of rotatable bonds is 1. The Labute approximate surface area is 115 Å². The van der Waals surface area contributed by atoms with Crippen molar-refractivity contribution in [2.45, 2.75) is 12.8 Å². The summed E-state index contributed by atoms with van der Waals surface area (Å²) in [5, 5.41) is 3.71. The second kappa shape index (κ2) is 4.82. The number of fused-ring (bicyclic) bond motifs is 1. The molecule has 0 saturated heterocycles. The van der Waals surface area contributed by atoms with Crippen LogP contribution in [0.15, 0.2) is 30.3 Å². The zero-order valence-electron chi connectivity index (χ0n) is 10.1. The minimum Gasteiger partial charge on any atom is -0.385 e. The molecule has 0 fully saturated rings. The highest BCUT2D eigenvalue weighted by molar-refractivity contribution is 6.33. The number of aryl methyl sites for hydroxylation is 1. The third-order valence-electron chi connectivity index (χ3n) is 3.37. The van der Waals surface area contributed by atoms with Crippen molar-refractivity contribution in [1.29, 1.82) is 0 Å². The molecule has 1 heterocycles. The topological polar surface area (TPSA) is 12.0 Å². The maximum Gasteiger partial charge on any atom is 0.166 e. The van der Waals surface area contributed by atoms with E-state index in [9.17, 15) is 8.78 Å². The number of benzene rings is 2. The first kappa shape index (κ1) is 12.4. The molecule has 0 aliphatic carbocycles. The van der Waals surface area contributed by atoms with Gasteiger partial charge in [0.1, 0.15) is 0 Å². The molecular formula is C15H12ClF2N. The molecule has 0 amide bonds. The summed E-state index contributed by atoms with van der Waals surface area (Å²) in [6.45, 7) is 0.889. The lowest BCUT2D eigenvalue weighted by Gasteiger charge is -2.20. The molecule has 2 aromatic carbocycles. The van der Waals surface area contributed by atoms with Gasteiger partial charge < -0.3 is 5.32 Å². The molecule has 19 heavy (non-hydrogen) atoms. The number of anilines is 1. The summed E-state index contributed by atoms with van der Waals surface area (Å²) in [6, 6.07) is 7.76. The van der Waals surface area contributed by atoms with E-state index in [1.807, 2.05) is 6.07 Å². The van der Waals surface area contributed by atoms with Crippen molar-refractivity contribution in [2.75, 3.05) is 11.9 Å². The van der Waals surface area contributed by atoms with Crippen LogP contribution in [0.2, 0.25) is 5.02 Å². The van der Waals surface area contributed by atoms with Crippen LogP contribution < -0.4 is 5.32 Å². The summed E-state index contributed by atoms with van der Waals surface area (Å²) in [4.78, 5) is 0. The Bertz CT molecular complexity index is 640. The molecular weight excluding hydrogens is 268 g/mol. The zero-order valence-corrected chi connectivity index (χ0v) is 10.9. The predicted octanol–water partition coefficient (Wildman–Crippen LogP) is 4.64. The lowest BCUT2D eigenvalue weighted by atomic mass is 9.97. The number of nitrogens with one attached hydrogen (secondary N) is 1. The van der Waals surface area contributed by atoms with E-state index in [1.165, 1.54) is 12.1 Å². The molecule has 0 atom stereocenters. The van der Waals surface area contributed by atoms with Crippen LogP contribution in [0.25, 0.3) is 11.1 Å². The molecule has 0 saturated carbocycles. The highest BCUT2D eigenvalue weighted by atomic mass is 35.5. The minimum atomic E-state index is -0.862. The first-order valence-corrected chi connectivity index (χ1v) is 6.55. The normalized spacial score (nSPS) is 13.8. The van der Waals surface area contributed by atoms with Gasteiger partial charge in [-0.15, -0.1) is 0 Å². The van der Waals surface area contributed by atoms with Crippen LogP contribution in [0.5, 0.6) is 0 Å². The van der Waals surface area contributed by atoms with Crippen molar-refractivity contribution >= 4 is 17.3 Å². The van der Waals surface area contributed by atoms with Crippen LogP contribution in [0, 0.1) is 11.6 Å². The highest BCUT2D eigenvalue weighted by Crippen LogP contribution is 2.36. The second-order valence-electron chi connectivity index (χ2n) is 4.62. The van der Waals surface area contributed by atoms with Crippen molar-refractivity contribution in [2.24, 2.45) is 0 Å². The fourth-order valence-corrected chi connectivity index (χ4v) is 2.69. The van der Waals surface area contributed by atoms with Gasteiger partial charge in [-0.1, -0.05) is 23.7 Å². The van der Waals surface area contributed by atoms with Crippen molar-refractivity contribution in [3.05, 3.63) is 52.6 Å². The molecule has 0 bridgehead atoms. The average Bonchev–Trinajstić information content (AvgIpc) is 2.41. The molecule has 1 nitrogen and oxygen atoms in total. The van der Waals surface area contributed by atoms with E-state index in [0.29, 0.717) is 10.6 Å². The van der Waals surface area contributed by atoms with E-state index in [0.717, 1.165) is 36.7 Å². The minimum absolute atomic E-state index is 0.195. The maximum atomic E-state index is 13.8. The molecule has 3 rings (SSSR count). The molecule has 4 heteroatoms. The molecule has 98 valence electrons. The summed E-state index contributed by atoms with van der Waals surface area (Å²) >= 11 is 6.20. The quantitative estimate of drug-likeness (QED) is 0.802. The van der Waals surface area contributed by atoms with Crippen LogP contribution in [-0.4, -0.2) is 6.54 Å². The monoisotopic (exact) mass is 279 g/mol. The number of hydrogen-bond acceptors (Lipinski definition) is 1. The lowest BCUT2D eigenvalue weighted by Crippen LogP contribution is -2.11. The Kier molecular flexibility index (Phi) is 3.15. The van der Waals surface area contributed by atoms with Gasteiger partial charge in [0.2, 0.25) is 0 Å². The van der Waals surface area contributed by atoms with Gasteiger partial charge >= 0.3 is 0 Å². The SMILES string of the molecule is Fc1cccc(-c2cc3c(cc2Cl)CCCN3)c1F. The molecule has 0 spiro atoms. The second-order valence-corrected chi connectivity index (χ2v) is 5.03. The third-order valence-corrected chi connectivity index (χ3v) is 3.69. The Morgan fingerprint density at radius 2 is 1.95 bits per heavy atom. The zero-order chi connectivity index (χ0) is 13.4. The van der Waals surface area contributed by atoms with Crippen molar-refractivity contribution in [1.82, 2.24) is 0 Å². The van der Waals surface area contributed by atoms with Crippen molar-refractivity contribution in [3.63, 3.8) is 0 Å². The first-order chi connectivity index (χ1) is 9.16. The van der Waals surface area contributed by atoms with Crippen LogP contribution in [0.3, 0.4) is 0 Å². The fourth-order valence-electron chi connectivity index (χ4n) is 2.41. The van der Waals surface area contributed by atoms with E-state index >= 15 is 0 Å². The van der Waals surface area contributed by atoms with Gasteiger partial charge in [-0.05, 0) is 36.6 Å². The Hall–Kier alpha value is -1.61. The van der Waals surface area contributed by atoms with Crippen LogP contribution in [0.1, 0.15) is 12.0 Å². The molecule has 0 aromatic heterocycles. The maximum absolute atomic E-state index is 13.8.